The number of thiazole rings is 1. The molecule has 0 aliphatic heterocycles. The van der Waals surface area contributed by atoms with E-state index in [1.807, 2.05) is 43.0 Å². The van der Waals surface area contributed by atoms with Crippen molar-refractivity contribution >= 4 is 22.3 Å². The monoisotopic (exact) mass is 401 g/mol. The minimum absolute atomic E-state index is 0.819. The Morgan fingerprint density at radius 3 is 2.55 bits per heavy atom. The van der Waals surface area contributed by atoms with Gasteiger partial charge in [0, 0.05) is 37.9 Å². The van der Waals surface area contributed by atoms with Gasteiger partial charge in [-0.3, -0.25) is 4.98 Å². The molecular formula is C23H23N5S. The highest BCUT2D eigenvalue weighted by atomic mass is 32.1. The number of hydrogen-bond donors (Lipinski definition) is 1. The predicted molar refractivity (Wildman–Crippen MR) is 119 cm³/mol. The molecule has 0 unspecified atom stereocenters. The Balaban J connectivity index is 1.35. The van der Waals surface area contributed by atoms with Gasteiger partial charge in [0.05, 0.1) is 4.88 Å². The van der Waals surface area contributed by atoms with E-state index in [0.717, 1.165) is 35.3 Å². The van der Waals surface area contributed by atoms with Crippen molar-refractivity contribution in [3.05, 3.63) is 90.5 Å². The average Bonchev–Trinajstić information content (AvgIpc) is 3.22. The molecule has 0 aliphatic carbocycles. The highest BCUT2D eigenvalue weighted by Crippen LogP contribution is 2.30. The lowest BCUT2D eigenvalue weighted by Gasteiger charge is -2.17. The third-order valence-electron chi connectivity index (χ3n) is 4.61. The van der Waals surface area contributed by atoms with E-state index < -0.39 is 0 Å². The maximum absolute atomic E-state index is 4.49. The first-order valence-corrected chi connectivity index (χ1v) is 10.4. The van der Waals surface area contributed by atoms with Crippen molar-refractivity contribution in [2.45, 2.75) is 13.0 Å². The van der Waals surface area contributed by atoms with Gasteiger partial charge in [-0.1, -0.05) is 41.7 Å². The lowest BCUT2D eigenvalue weighted by molar-refractivity contribution is 0.331. The van der Waals surface area contributed by atoms with Gasteiger partial charge in [-0.25, -0.2) is 9.97 Å². The Labute approximate surface area is 175 Å². The number of nitrogens with one attached hydrogen (secondary N) is 1. The van der Waals surface area contributed by atoms with Crippen LogP contribution in [0.1, 0.15) is 11.1 Å². The van der Waals surface area contributed by atoms with Crippen molar-refractivity contribution in [3.63, 3.8) is 0 Å². The third-order valence-corrected chi connectivity index (χ3v) is 5.57. The van der Waals surface area contributed by atoms with Crippen LogP contribution in [-0.4, -0.2) is 33.4 Å². The standard InChI is InChI=1S/C23H23N5S/c1-28(14-10-18-7-11-24-12-8-18)17-19-9-13-25-22(15-19)27-23-26-16-21(29-23)20-5-3-2-4-6-20/h2-9,11-13,15-16H,10,14,17H2,1H3,(H,25,26,27). The highest BCUT2D eigenvalue weighted by Gasteiger charge is 2.07. The maximum atomic E-state index is 4.49. The molecule has 1 N–H and O–H groups in total. The lowest BCUT2D eigenvalue weighted by atomic mass is 10.2. The number of aromatic nitrogens is 3. The first-order valence-electron chi connectivity index (χ1n) is 9.57. The van der Waals surface area contributed by atoms with Crippen LogP contribution in [0.4, 0.5) is 10.9 Å². The molecule has 3 heterocycles. The first-order chi connectivity index (χ1) is 14.3. The van der Waals surface area contributed by atoms with Gasteiger partial charge in [-0.05, 0) is 54.4 Å². The number of likely N-dealkylation sites (N-methyl/N-ethyl adjacent to an activating group) is 1. The van der Waals surface area contributed by atoms with E-state index in [1.54, 1.807) is 11.3 Å². The molecule has 146 valence electrons. The molecule has 0 bridgehead atoms. The quantitative estimate of drug-likeness (QED) is 0.449. The summed E-state index contributed by atoms with van der Waals surface area (Å²) in [7, 11) is 2.14. The Hall–Kier alpha value is -3.09. The molecule has 6 heteroatoms. The third kappa shape index (κ3) is 5.47. The van der Waals surface area contributed by atoms with Crippen LogP contribution >= 0.6 is 11.3 Å². The van der Waals surface area contributed by atoms with Crippen LogP contribution in [0.5, 0.6) is 0 Å². The summed E-state index contributed by atoms with van der Waals surface area (Å²) in [4.78, 5) is 16.5. The molecule has 0 atom stereocenters. The summed E-state index contributed by atoms with van der Waals surface area (Å²) >= 11 is 1.63. The zero-order valence-corrected chi connectivity index (χ0v) is 17.1. The zero-order valence-electron chi connectivity index (χ0n) is 16.3. The number of nitrogens with zero attached hydrogens (tertiary/aromatic N) is 4. The fraction of sp³-hybridized carbons (Fsp3) is 0.174. The van der Waals surface area contributed by atoms with Crippen LogP contribution in [0.3, 0.4) is 0 Å². The molecule has 0 spiro atoms. The van der Waals surface area contributed by atoms with Crippen LogP contribution in [0, 0.1) is 0 Å². The molecule has 4 aromatic rings. The summed E-state index contributed by atoms with van der Waals surface area (Å²) < 4.78 is 0. The van der Waals surface area contributed by atoms with Crippen LogP contribution in [0.25, 0.3) is 10.4 Å². The highest BCUT2D eigenvalue weighted by molar-refractivity contribution is 7.18. The van der Waals surface area contributed by atoms with Gasteiger partial charge in [-0.15, -0.1) is 0 Å². The zero-order chi connectivity index (χ0) is 19.9. The Morgan fingerprint density at radius 2 is 1.72 bits per heavy atom. The van der Waals surface area contributed by atoms with Gasteiger partial charge >= 0.3 is 0 Å². The molecule has 0 saturated carbocycles. The molecule has 5 nitrogen and oxygen atoms in total. The maximum Gasteiger partial charge on any atom is 0.188 e. The summed E-state index contributed by atoms with van der Waals surface area (Å²) in [6, 6.07) is 18.6. The molecule has 0 amide bonds. The van der Waals surface area contributed by atoms with E-state index >= 15 is 0 Å². The molecule has 29 heavy (non-hydrogen) atoms. The minimum atomic E-state index is 0.819. The van der Waals surface area contributed by atoms with Gasteiger partial charge in [0.15, 0.2) is 5.13 Å². The van der Waals surface area contributed by atoms with E-state index in [1.165, 1.54) is 16.7 Å². The van der Waals surface area contributed by atoms with Crippen LogP contribution in [0.2, 0.25) is 0 Å². The molecule has 1 aromatic carbocycles. The smallest absolute Gasteiger partial charge is 0.188 e. The molecule has 4 rings (SSSR count). The summed E-state index contributed by atoms with van der Waals surface area (Å²) in [6.07, 6.45) is 8.45. The van der Waals surface area contributed by atoms with E-state index in [2.05, 4.69) is 68.6 Å². The second kappa shape index (κ2) is 9.41. The predicted octanol–water partition coefficient (Wildman–Crippen LogP) is 5.02. The Kier molecular flexibility index (Phi) is 6.24. The summed E-state index contributed by atoms with van der Waals surface area (Å²) in [5.74, 6) is 0.819. The first kappa shape index (κ1) is 19.2. The van der Waals surface area contributed by atoms with Crippen molar-refractivity contribution in [2.24, 2.45) is 0 Å². The van der Waals surface area contributed by atoms with Crippen molar-refractivity contribution in [3.8, 4) is 10.4 Å². The van der Waals surface area contributed by atoms with E-state index in [0.29, 0.717) is 0 Å². The second-order valence-electron chi connectivity index (χ2n) is 6.91. The lowest BCUT2D eigenvalue weighted by Crippen LogP contribution is -2.20. The van der Waals surface area contributed by atoms with Gasteiger partial charge < -0.3 is 10.2 Å². The molecular weight excluding hydrogens is 378 g/mol. The largest absolute Gasteiger partial charge is 0.316 e. The van der Waals surface area contributed by atoms with Crippen molar-refractivity contribution in [1.29, 1.82) is 0 Å². The van der Waals surface area contributed by atoms with Crippen LogP contribution in [0.15, 0.2) is 79.4 Å². The van der Waals surface area contributed by atoms with Gasteiger partial charge in [-0.2, -0.15) is 0 Å². The van der Waals surface area contributed by atoms with E-state index in [4.69, 9.17) is 0 Å². The van der Waals surface area contributed by atoms with E-state index in [9.17, 15) is 0 Å². The summed E-state index contributed by atoms with van der Waals surface area (Å²) in [6.45, 7) is 1.86. The Morgan fingerprint density at radius 1 is 0.931 bits per heavy atom. The molecule has 0 aliphatic rings. The van der Waals surface area contributed by atoms with E-state index in [-0.39, 0.29) is 0 Å². The second-order valence-corrected chi connectivity index (χ2v) is 7.94. The van der Waals surface area contributed by atoms with Crippen LogP contribution < -0.4 is 5.32 Å². The number of benzene rings is 1. The fourth-order valence-electron chi connectivity index (χ4n) is 3.08. The fourth-order valence-corrected chi connectivity index (χ4v) is 3.91. The molecule has 0 saturated heterocycles. The Bertz CT molecular complexity index is 1030. The topological polar surface area (TPSA) is 53.9 Å². The number of rotatable bonds is 8. The number of hydrogen-bond acceptors (Lipinski definition) is 6. The SMILES string of the molecule is CN(CCc1ccncc1)Cc1ccnc(Nc2ncc(-c3ccccc3)s2)c1. The van der Waals surface area contributed by atoms with Gasteiger partial charge in [0.25, 0.3) is 0 Å². The minimum Gasteiger partial charge on any atom is -0.316 e. The average molecular weight is 402 g/mol. The summed E-state index contributed by atoms with van der Waals surface area (Å²) in [5.41, 5.74) is 3.71. The molecule has 0 radical (unpaired) electrons. The van der Waals surface area contributed by atoms with Crippen molar-refractivity contribution in [2.75, 3.05) is 18.9 Å². The number of pyridine rings is 2. The van der Waals surface area contributed by atoms with Crippen molar-refractivity contribution in [1.82, 2.24) is 19.9 Å². The molecule has 0 fully saturated rings. The normalized spacial score (nSPS) is 11.0. The molecule has 3 aromatic heterocycles. The summed E-state index contributed by atoms with van der Waals surface area (Å²) in [5, 5.41) is 4.18. The number of anilines is 2. The van der Waals surface area contributed by atoms with Gasteiger partial charge in [0.2, 0.25) is 0 Å². The van der Waals surface area contributed by atoms with Gasteiger partial charge in [0.1, 0.15) is 5.82 Å². The van der Waals surface area contributed by atoms with Crippen LogP contribution in [-0.2, 0) is 13.0 Å². The van der Waals surface area contributed by atoms with Crippen molar-refractivity contribution < 1.29 is 0 Å².